The maximum absolute atomic E-state index is 12.7. The molecular weight excluding hydrogens is 446 g/mol. The highest BCUT2D eigenvalue weighted by molar-refractivity contribution is 7.21. The van der Waals surface area contributed by atoms with Gasteiger partial charge in [0.2, 0.25) is 0 Å². The van der Waals surface area contributed by atoms with Gasteiger partial charge in [0.1, 0.15) is 16.9 Å². The number of hydrogen-bond donors (Lipinski definition) is 1. The molecule has 0 fully saturated rings. The van der Waals surface area contributed by atoms with Crippen molar-refractivity contribution >= 4 is 33.1 Å². The molecule has 6 nitrogen and oxygen atoms in total. The number of carbonyl (C=O) groups excluding carboxylic acids is 1. The Labute approximate surface area is 200 Å². The topological polar surface area (TPSA) is 77.2 Å². The summed E-state index contributed by atoms with van der Waals surface area (Å²) in [5, 5.41) is 7.80. The van der Waals surface area contributed by atoms with Crippen molar-refractivity contribution in [3.05, 3.63) is 83.6 Å². The molecule has 0 aliphatic carbocycles. The van der Waals surface area contributed by atoms with Crippen LogP contribution in [0.5, 0.6) is 5.75 Å². The first kappa shape index (κ1) is 20.6. The molecule has 0 saturated carbocycles. The van der Waals surface area contributed by atoms with Gasteiger partial charge in [0.25, 0.3) is 5.91 Å². The molecule has 3 aromatic carbocycles. The highest BCUT2D eigenvalue weighted by atomic mass is 32.1. The SMILES string of the molecule is Cc1ccc2nc(-c3ccc(NC(=O)c4cc(-c5ccc6c(c5)C[C@@H](C)O6)on4)cc3)sc2c1. The van der Waals surface area contributed by atoms with Crippen LogP contribution in [0.25, 0.3) is 32.1 Å². The summed E-state index contributed by atoms with van der Waals surface area (Å²) < 4.78 is 12.4. The fraction of sp³-hybridized carbons (Fsp3) is 0.148. The number of nitrogens with one attached hydrogen (secondary N) is 1. The third-order valence-corrected chi connectivity index (χ3v) is 6.92. The van der Waals surface area contributed by atoms with Gasteiger partial charge in [-0.25, -0.2) is 4.98 Å². The predicted molar refractivity (Wildman–Crippen MR) is 133 cm³/mol. The number of rotatable bonds is 4. The minimum absolute atomic E-state index is 0.173. The van der Waals surface area contributed by atoms with Crippen molar-refractivity contribution in [2.24, 2.45) is 0 Å². The second-order valence-electron chi connectivity index (χ2n) is 8.55. The van der Waals surface area contributed by atoms with Crippen LogP contribution in [0, 0.1) is 6.92 Å². The zero-order valence-electron chi connectivity index (χ0n) is 18.7. The Bertz CT molecular complexity index is 1530. The Balaban J connectivity index is 1.17. The molecule has 1 N–H and O–H groups in total. The van der Waals surface area contributed by atoms with Crippen molar-refractivity contribution in [3.8, 4) is 27.6 Å². The van der Waals surface area contributed by atoms with Gasteiger partial charge in [-0.3, -0.25) is 4.79 Å². The monoisotopic (exact) mass is 467 g/mol. The van der Waals surface area contributed by atoms with E-state index in [4.69, 9.17) is 14.2 Å². The number of ether oxygens (including phenoxy) is 1. The molecule has 168 valence electrons. The second-order valence-corrected chi connectivity index (χ2v) is 9.58. The van der Waals surface area contributed by atoms with Crippen LogP contribution in [0.15, 0.2) is 71.3 Å². The van der Waals surface area contributed by atoms with Crippen LogP contribution in [0.4, 0.5) is 5.69 Å². The second kappa shape index (κ2) is 8.11. The van der Waals surface area contributed by atoms with Crippen LogP contribution in [0.2, 0.25) is 0 Å². The van der Waals surface area contributed by atoms with E-state index in [0.717, 1.165) is 39.4 Å². The largest absolute Gasteiger partial charge is 0.490 e. The van der Waals surface area contributed by atoms with E-state index in [2.05, 4.69) is 29.5 Å². The van der Waals surface area contributed by atoms with Crippen molar-refractivity contribution in [3.63, 3.8) is 0 Å². The fourth-order valence-electron chi connectivity index (χ4n) is 4.14. The average molecular weight is 468 g/mol. The van der Waals surface area contributed by atoms with Crippen LogP contribution in [0.1, 0.15) is 28.5 Å². The Morgan fingerprint density at radius 2 is 1.85 bits per heavy atom. The quantitative estimate of drug-likeness (QED) is 0.326. The molecule has 2 aromatic heterocycles. The third kappa shape index (κ3) is 3.84. The van der Waals surface area contributed by atoms with E-state index in [1.54, 1.807) is 17.4 Å². The summed E-state index contributed by atoms with van der Waals surface area (Å²) in [6.07, 6.45) is 1.03. The molecular formula is C27H21N3O3S. The summed E-state index contributed by atoms with van der Waals surface area (Å²) in [6, 6.07) is 21.5. The molecule has 6 rings (SSSR count). The van der Waals surface area contributed by atoms with Gasteiger partial charge < -0.3 is 14.6 Å². The highest BCUT2D eigenvalue weighted by Crippen LogP contribution is 2.34. The minimum atomic E-state index is -0.323. The van der Waals surface area contributed by atoms with Gasteiger partial charge in [0.05, 0.1) is 10.2 Å². The number of thiazole rings is 1. The van der Waals surface area contributed by atoms with Crippen molar-refractivity contribution < 1.29 is 14.1 Å². The highest BCUT2D eigenvalue weighted by Gasteiger charge is 2.21. The molecule has 7 heteroatoms. The van der Waals surface area contributed by atoms with E-state index in [-0.39, 0.29) is 17.7 Å². The van der Waals surface area contributed by atoms with Crippen molar-refractivity contribution in [2.75, 3.05) is 5.32 Å². The first-order valence-electron chi connectivity index (χ1n) is 11.1. The van der Waals surface area contributed by atoms with E-state index < -0.39 is 0 Å². The maximum Gasteiger partial charge on any atom is 0.277 e. The fourth-order valence-corrected chi connectivity index (χ4v) is 5.21. The van der Waals surface area contributed by atoms with E-state index in [1.165, 1.54) is 10.3 Å². The number of carbonyl (C=O) groups is 1. The lowest BCUT2D eigenvalue weighted by Gasteiger charge is -2.03. The van der Waals surface area contributed by atoms with Gasteiger partial charge in [-0.1, -0.05) is 11.2 Å². The van der Waals surface area contributed by atoms with Gasteiger partial charge in [0, 0.05) is 29.3 Å². The van der Waals surface area contributed by atoms with Crippen molar-refractivity contribution in [1.82, 2.24) is 10.1 Å². The summed E-state index contributed by atoms with van der Waals surface area (Å²) in [5.74, 6) is 1.13. The molecule has 1 aliphatic heterocycles. The van der Waals surface area contributed by atoms with E-state index >= 15 is 0 Å². The van der Waals surface area contributed by atoms with Crippen LogP contribution in [-0.2, 0) is 6.42 Å². The summed E-state index contributed by atoms with van der Waals surface area (Å²) >= 11 is 1.66. The molecule has 0 radical (unpaired) electrons. The van der Waals surface area contributed by atoms with E-state index in [0.29, 0.717) is 11.4 Å². The Morgan fingerprint density at radius 1 is 1.03 bits per heavy atom. The molecule has 0 bridgehead atoms. The summed E-state index contributed by atoms with van der Waals surface area (Å²) in [4.78, 5) is 17.4. The maximum atomic E-state index is 12.7. The van der Waals surface area contributed by atoms with Crippen molar-refractivity contribution in [1.29, 1.82) is 0 Å². The number of nitrogens with zero attached hydrogens (tertiary/aromatic N) is 2. The first-order chi connectivity index (χ1) is 16.5. The van der Waals surface area contributed by atoms with E-state index in [9.17, 15) is 4.79 Å². The lowest BCUT2D eigenvalue weighted by Crippen LogP contribution is -2.11. The number of hydrogen-bond acceptors (Lipinski definition) is 6. The average Bonchev–Trinajstić information content (AvgIpc) is 3.56. The third-order valence-electron chi connectivity index (χ3n) is 5.86. The molecule has 1 amide bonds. The van der Waals surface area contributed by atoms with E-state index in [1.807, 2.05) is 55.5 Å². The number of aromatic nitrogens is 2. The number of aryl methyl sites for hydroxylation is 1. The summed E-state index contributed by atoms with van der Waals surface area (Å²) in [5.41, 5.74) is 6.14. The van der Waals surface area contributed by atoms with Gasteiger partial charge in [-0.2, -0.15) is 0 Å². The van der Waals surface area contributed by atoms with Gasteiger partial charge in [0.15, 0.2) is 11.5 Å². The Hall–Kier alpha value is -3.97. The standard InChI is InChI=1S/C27H21N3O3S/c1-15-3-9-21-25(11-15)34-27(29-21)17-4-7-20(8-5-17)28-26(31)22-14-24(33-30-22)18-6-10-23-19(13-18)12-16(2)32-23/h3-11,13-14,16H,12H2,1-2H3,(H,28,31)/t16-/m1/s1. The molecule has 0 unspecified atom stereocenters. The molecule has 5 aromatic rings. The van der Waals surface area contributed by atoms with Crippen LogP contribution in [0.3, 0.4) is 0 Å². The van der Waals surface area contributed by atoms with Gasteiger partial charge in [-0.05, 0) is 79.6 Å². The molecule has 0 saturated heterocycles. The number of anilines is 1. The van der Waals surface area contributed by atoms with Crippen molar-refractivity contribution in [2.45, 2.75) is 26.4 Å². The van der Waals surface area contributed by atoms with Crippen LogP contribution in [-0.4, -0.2) is 22.2 Å². The van der Waals surface area contributed by atoms with Crippen LogP contribution >= 0.6 is 11.3 Å². The molecule has 0 spiro atoms. The Morgan fingerprint density at radius 3 is 2.71 bits per heavy atom. The lowest BCUT2D eigenvalue weighted by molar-refractivity contribution is 0.101. The van der Waals surface area contributed by atoms with Crippen LogP contribution < -0.4 is 10.1 Å². The molecule has 3 heterocycles. The molecule has 1 atom stereocenters. The van der Waals surface area contributed by atoms with Gasteiger partial charge in [-0.15, -0.1) is 11.3 Å². The summed E-state index contributed by atoms with van der Waals surface area (Å²) in [6.45, 7) is 4.12. The molecule has 1 aliphatic rings. The lowest BCUT2D eigenvalue weighted by atomic mass is 10.1. The Kier molecular flexibility index (Phi) is 4.92. The van der Waals surface area contributed by atoms with Gasteiger partial charge >= 0.3 is 0 Å². The minimum Gasteiger partial charge on any atom is -0.490 e. The normalized spacial score (nSPS) is 14.7. The molecule has 34 heavy (non-hydrogen) atoms. The summed E-state index contributed by atoms with van der Waals surface area (Å²) in [7, 11) is 0. The number of amides is 1. The smallest absolute Gasteiger partial charge is 0.277 e. The zero-order chi connectivity index (χ0) is 23.2. The first-order valence-corrected chi connectivity index (χ1v) is 11.9. The number of fused-ring (bicyclic) bond motifs is 2. The zero-order valence-corrected chi connectivity index (χ0v) is 19.5. The predicted octanol–water partition coefficient (Wildman–Crippen LogP) is 6.50. The number of benzene rings is 3.